The Morgan fingerprint density at radius 3 is 2.37 bits per heavy atom. The summed E-state index contributed by atoms with van der Waals surface area (Å²) in [5.41, 5.74) is 0.692. The van der Waals surface area contributed by atoms with Crippen LogP contribution >= 0.6 is 11.8 Å². The molecule has 1 N–H and O–H groups in total. The molecule has 0 unspecified atom stereocenters. The number of carbonyl (C=O) groups excluding carboxylic acids is 1. The van der Waals surface area contributed by atoms with Crippen molar-refractivity contribution in [2.75, 3.05) is 31.0 Å². The van der Waals surface area contributed by atoms with Crippen molar-refractivity contribution < 1.29 is 14.3 Å². The molecule has 0 aromatic heterocycles. The highest BCUT2D eigenvalue weighted by atomic mass is 32.2. The van der Waals surface area contributed by atoms with Gasteiger partial charge in [-0.05, 0) is 12.2 Å². The highest BCUT2D eigenvalue weighted by molar-refractivity contribution is 7.99. The van der Waals surface area contributed by atoms with E-state index in [4.69, 9.17) is 9.47 Å². The number of methoxy groups -OCH3 is 2. The molecule has 0 aliphatic carbocycles. The molecule has 0 aliphatic rings. The first-order chi connectivity index (χ1) is 9.19. The SMILES string of the molecule is CCCCSCC(=O)Nc1cc(OC)cc(OC)c1. The number of hydrogen-bond acceptors (Lipinski definition) is 4. The van der Waals surface area contributed by atoms with Gasteiger partial charge in [0.25, 0.3) is 0 Å². The summed E-state index contributed by atoms with van der Waals surface area (Å²) in [7, 11) is 3.17. The van der Waals surface area contributed by atoms with Crippen LogP contribution in [0.1, 0.15) is 19.8 Å². The lowest BCUT2D eigenvalue weighted by atomic mass is 10.2. The predicted molar refractivity (Wildman–Crippen MR) is 80.4 cm³/mol. The highest BCUT2D eigenvalue weighted by Crippen LogP contribution is 2.25. The molecule has 0 radical (unpaired) electrons. The normalized spacial score (nSPS) is 10.1. The lowest BCUT2D eigenvalue weighted by molar-refractivity contribution is -0.113. The van der Waals surface area contributed by atoms with Gasteiger partial charge >= 0.3 is 0 Å². The number of nitrogens with one attached hydrogen (secondary N) is 1. The van der Waals surface area contributed by atoms with Crippen molar-refractivity contribution in [3.8, 4) is 11.5 Å². The first-order valence-electron chi connectivity index (χ1n) is 6.30. The van der Waals surface area contributed by atoms with E-state index in [9.17, 15) is 4.79 Å². The topological polar surface area (TPSA) is 47.6 Å². The number of ether oxygens (including phenoxy) is 2. The van der Waals surface area contributed by atoms with Gasteiger partial charge in [-0.3, -0.25) is 4.79 Å². The van der Waals surface area contributed by atoms with Crippen LogP contribution in [0.5, 0.6) is 11.5 Å². The molecule has 4 nitrogen and oxygen atoms in total. The Bertz CT molecular complexity index is 387. The Balaban J connectivity index is 2.53. The van der Waals surface area contributed by atoms with Crippen LogP contribution in [-0.2, 0) is 4.79 Å². The number of anilines is 1. The van der Waals surface area contributed by atoms with Crippen LogP contribution in [0.2, 0.25) is 0 Å². The largest absolute Gasteiger partial charge is 0.497 e. The molecular weight excluding hydrogens is 262 g/mol. The quantitative estimate of drug-likeness (QED) is 0.744. The van der Waals surface area contributed by atoms with Crippen LogP contribution in [0.15, 0.2) is 18.2 Å². The molecule has 0 atom stereocenters. The van der Waals surface area contributed by atoms with E-state index >= 15 is 0 Å². The Hall–Kier alpha value is -1.36. The summed E-state index contributed by atoms with van der Waals surface area (Å²) < 4.78 is 10.3. The van der Waals surface area contributed by atoms with Crippen LogP contribution in [0, 0.1) is 0 Å². The first-order valence-corrected chi connectivity index (χ1v) is 7.45. The predicted octanol–water partition coefficient (Wildman–Crippen LogP) is 3.18. The molecular formula is C14H21NO3S. The van der Waals surface area contributed by atoms with Crippen molar-refractivity contribution in [3.05, 3.63) is 18.2 Å². The first kappa shape index (κ1) is 15.7. The fraction of sp³-hybridized carbons (Fsp3) is 0.500. The van der Waals surface area contributed by atoms with Crippen LogP contribution < -0.4 is 14.8 Å². The van der Waals surface area contributed by atoms with Crippen LogP contribution in [-0.4, -0.2) is 31.6 Å². The number of unbranched alkanes of at least 4 members (excludes halogenated alkanes) is 1. The van der Waals surface area contributed by atoms with Crippen LogP contribution in [0.4, 0.5) is 5.69 Å². The van der Waals surface area contributed by atoms with Crippen LogP contribution in [0.25, 0.3) is 0 Å². The van der Waals surface area contributed by atoms with E-state index < -0.39 is 0 Å². The van der Waals surface area contributed by atoms with Gasteiger partial charge in [-0.1, -0.05) is 13.3 Å². The maximum Gasteiger partial charge on any atom is 0.234 e. The van der Waals surface area contributed by atoms with Gasteiger partial charge in [-0.15, -0.1) is 0 Å². The van der Waals surface area contributed by atoms with Crippen molar-refractivity contribution in [2.45, 2.75) is 19.8 Å². The monoisotopic (exact) mass is 283 g/mol. The maximum absolute atomic E-state index is 11.8. The Labute approximate surface area is 118 Å². The third-order valence-corrected chi connectivity index (χ3v) is 3.55. The minimum absolute atomic E-state index is 0.00332. The molecule has 1 rings (SSSR count). The van der Waals surface area contributed by atoms with E-state index in [1.165, 1.54) is 0 Å². The van der Waals surface area contributed by atoms with E-state index in [0.717, 1.165) is 18.6 Å². The number of benzene rings is 1. The van der Waals surface area contributed by atoms with Gasteiger partial charge in [-0.2, -0.15) is 11.8 Å². The Morgan fingerprint density at radius 1 is 1.21 bits per heavy atom. The minimum Gasteiger partial charge on any atom is -0.497 e. The van der Waals surface area contributed by atoms with Gasteiger partial charge in [0.15, 0.2) is 0 Å². The van der Waals surface area contributed by atoms with Crippen molar-refractivity contribution in [2.24, 2.45) is 0 Å². The molecule has 19 heavy (non-hydrogen) atoms. The van der Waals surface area contributed by atoms with Crippen molar-refractivity contribution in [1.29, 1.82) is 0 Å². The molecule has 0 bridgehead atoms. The molecule has 1 aromatic rings. The molecule has 5 heteroatoms. The lowest BCUT2D eigenvalue weighted by Crippen LogP contribution is -2.14. The Kier molecular flexibility index (Phi) is 7.18. The van der Waals surface area contributed by atoms with Crippen LogP contribution in [0.3, 0.4) is 0 Å². The molecule has 0 saturated carbocycles. The molecule has 0 heterocycles. The smallest absolute Gasteiger partial charge is 0.234 e. The molecule has 1 amide bonds. The zero-order valence-corrected chi connectivity index (χ0v) is 12.5. The second-order valence-electron chi connectivity index (χ2n) is 4.06. The summed E-state index contributed by atoms with van der Waals surface area (Å²) in [5.74, 6) is 2.81. The average Bonchev–Trinajstić information content (AvgIpc) is 2.43. The number of thioether (sulfide) groups is 1. The third-order valence-electron chi connectivity index (χ3n) is 2.51. The Morgan fingerprint density at radius 2 is 1.84 bits per heavy atom. The molecule has 0 saturated heterocycles. The van der Waals surface area contributed by atoms with E-state index in [0.29, 0.717) is 22.9 Å². The van der Waals surface area contributed by atoms with Crippen molar-refractivity contribution in [3.63, 3.8) is 0 Å². The number of rotatable bonds is 8. The van der Waals surface area contributed by atoms with E-state index in [2.05, 4.69) is 12.2 Å². The zero-order chi connectivity index (χ0) is 14.1. The maximum atomic E-state index is 11.8. The minimum atomic E-state index is -0.00332. The van der Waals surface area contributed by atoms with Gasteiger partial charge < -0.3 is 14.8 Å². The summed E-state index contributed by atoms with van der Waals surface area (Å²) in [6.07, 6.45) is 2.30. The van der Waals surface area contributed by atoms with Gasteiger partial charge in [0, 0.05) is 23.9 Å². The summed E-state index contributed by atoms with van der Waals surface area (Å²) in [5, 5.41) is 2.85. The summed E-state index contributed by atoms with van der Waals surface area (Å²) in [6, 6.07) is 5.32. The second-order valence-corrected chi connectivity index (χ2v) is 5.16. The molecule has 1 aromatic carbocycles. The fourth-order valence-electron chi connectivity index (χ4n) is 1.49. The second kappa shape index (κ2) is 8.69. The van der Waals surface area contributed by atoms with Crippen molar-refractivity contribution in [1.82, 2.24) is 0 Å². The summed E-state index contributed by atoms with van der Waals surface area (Å²) in [4.78, 5) is 11.8. The lowest BCUT2D eigenvalue weighted by Gasteiger charge is -2.09. The van der Waals surface area contributed by atoms with Gasteiger partial charge in [-0.25, -0.2) is 0 Å². The van der Waals surface area contributed by atoms with E-state index in [1.54, 1.807) is 44.2 Å². The van der Waals surface area contributed by atoms with Gasteiger partial charge in [0.05, 0.1) is 20.0 Å². The standard InChI is InChI=1S/C14H21NO3S/c1-4-5-6-19-10-14(16)15-11-7-12(17-2)9-13(8-11)18-3/h7-9H,4-6,10H2,1-3H3,(H,15,16). The summed E-state index contributed by atoms with van der Waals surface area (Å²) in [6.45, 7) is 2.14. The number of amides is 1. The average molecular weight is 283 g/mol. The van der Waals surface area contributed by atoms with Gasteiger partial charge in [0.1, 0.15) is 11.5 Å². The highest BCUT2D eigenvalue weighted by Gasteiger charge is 2.06. The molecule has 0 aliphatic heterocycles. The number of hydrogen-bond donors (Lipinski definition) is 1. The van der Waals surface area contributed by atoms with Crippen molar-refractivity contribution >= 4 is 23.4 Å². The molecule has 106 valence electrons. The number of carbonyl (C=O) groups is 1. The molecule has 0 fully saturated rings. The van der Waals surface area contributed by atoms with Gasteiger partial charge in [0.2, 0.25) is 5.91 Å². The van der Waals surface area contributed by atoms with E-state index in [-0.39, 0.29) is 5.91 Å². The fourth-order valence-corrected chi connectivity index (χ4v) is 2.38. The molecule has 0 spiro atoms. The van der Waals surface area contributed by atoms with E-state index in [1.807, 2.05) is 0 Å². The zero-order valence-electron chi connectivity index (χ0n) is 11.7. The third kappa shape index (κ3) is 5.87. The summed E-state index contributed by atoms with van der Waals surface area (Å²) >= 11 is 1.65.